The molecule has 1 heterocycles. The molecule has 0 radical (unpaired) electrons. The number of hydrogen-bond acceptors (Lipinski definition) is 3. The van der Waals surface area contributed by atoms with E-state index in [2.05, 4.69) is 21.9 Å². The van der Waals surface area contributed by atoms with E-state index in [1.54, 1.807) is 0 Å². The van der Waals surface area contributed by atoms with Crippen molar-refractivity contribution in [3.8, 4) is 0 Å². The number of rotatable bonds is 5. The standard InChI is InChI=1S/C14H24N4/c1-10(11-4-2-5-11)18-14(12-6-3-7-12)13(8-9-15)16-17-18/h10-12H,2-9,15H2,1H3. The second-order valence-electron chi connectivity index (χ2n) is 5.96. The van der Waals surface area contributed by atoms with Crippen LogP contribution in [0.4, 0.5) is 0 Å². The summed E-state index contributed by atoms with van der Waals surface area (Å²) in [7, 11) is 0. The van der Waals surface area contributed by atoms with Crippen molar-refractivity contribution in [2.75, 3.05) is 6.54 Å². The minimum atomic E-state index is 0.522. The van der Waals surface area contributed by atoms with Gasteiger partial charge in [0.1, 0.15) is 0 Å². The van der Waals surface area contributed by atoms with Crippen molar-refractivity contribution in [2.45, 2.75) is 63.8 Å². The molecule has 18 heavy (non-hydrogen) atoms. The lowest BCUT2D eigenvalue weighted by molar-refractivity contribution is 0.199. The van der Waals surface area contributed by atoms with E-state index in [1.807, 2.05) is 0 Å². The summed E-state index contributed by atoms with van der Waals surface area (Å²) in [5, 5.41) is 8.86. The van der Waals surface area contributed by atoms with Crippen molar-refractivity contribution in [1.29, 1.82) is 0 Å². The van der Waals surface area contributed by atoms with Crippen LogP contribution in [0.1, 0.15) is 68.8 Å². The van der Waals surface area contributed by atoms with Gasteiger partial charge in [0, 0.05) is 12.3 Å². The molecule has 0 saturated heterocycles. The molecule has 3 rings (SSSR count). The van der Waals surface area contributed by atoms with Gasteiger partial charge in [-0.15, -0.1) is 5.10 Å². The highest BCUT2D eigenvalue weighted by Gasteiger charge is 2.32. The summed E-state index contributed by atoms with van der Waals surface area (Å²) in [6, 6.07) is 0.522. The fourth-order valence-electron chi connectivity index (χ4n) is 3.18. The molecule has 0 amide bonds. The fourth-order valence-corrected chi connectivity index (χ4v) is 3.18. The van der Waals surface area contributed by atoms with E-state index in [0.717, 1.165) is 18.0 Å². The Balaban J connectivity index is 1.87. The van der Waals surface area contributed by atoms with Crippen LogP contribution in [-0.2, 0) is 6.42 Å². The Morgan fingerprint density at radius 3 is 2.50 bits per heavy atom. The normalized spacial score (nSPS) is 22.6. The first-order valence-corrected chi connectivity index (χ1v) is 7.45. The molecule has 100 valence electrons. The smallest absolute Gasteiger partial charge is 0.0874 e. The first-order chi connectivity index (χ1) is 8.81. The minimum Gasteiger partial charge on any atom is -0.330 e. The van der Waals surface area contributed by atoms with E-state index in [4.69, 9.17) is 5.73 Å². The van der Waals surface area contributed by atoms with Crippen LogP contribution in [0.25, 0.3) is 0 Å². The van der Waals surface area contributed by atoms with Crippen molar-refractivity contribution < 1.29 is 0 Å². The summed E-state index contributed by atoms with van der Waals surface area (Å²) in [6.07, 6.45) is 8.95. The van der Waals surface area contributed by atoms with Gasteiger partial charge in [-0.3, -0.25) is 0 Å². The Labute approximate surface area is 109 Å². The molecule has 1 unspecified atom stereocenters. The average molecular weight is 248 g/mol. The number of aromatic nitrogens is 3. The van der Waals surface area contributed by atoms with E-state index >= 15 is 0 Å². The van der Waals surface area contributed by atoms with Crippen molar-refractivity contribution in [3.63, 3.8) is 0 Å². The van der Waals surface area contributed by atoms with Gasteiger partial charge in [-0.1, -0.05) is 18.1 Å². The van der Waals surface area contributed by atoms with Gasteiger partial charge in [0.05, 0.1) is 17.4 Å². The lowest BCUT2D eigenvalue weighted by atomic mass is 9.78. The maximum atomic E-state index is 5.69. The zero-order chi connectivity index (χ0) is 12.5. The third kappa shape index (κ3) is 1.96. The van der Waals surface area contributed by atoms with E-state index < -0.39 is 0 Å². The molecule has 4 heteroatoms. The van der Waals surface area contributed by atoms with Gasteiger partial charge in [0.15, 0.2) is 0 Å². The van der Waals surface area contributed by atoms with Crippen LogP contribution in [0.3, 0.4) is 0 Å². The Hall–Kier alpha value is -0.900. The highest BCUT2D eigenvalue weighted by Crippen LogP contribution is 2.42. The molecule has 2 aliphatic carbocycles. The summed E-state index contributed by atoms with van der Waals surface area (Å²) < 4.78 is 2.23. The molecule has 1 atom stereocenters. The van der Waals surface area contributed by atoms with E-state index in [1.165, 1.54) is 44.2 Å². The lowest BCUT2D eigenvalue weighted by Crippen LogP contribution is -2.27. The summed E-state index contributed by atoms with van der Waals surface area (Å²) >= 11 is 0. The SMILES string of the molecule is CC(C1CCC1)n1nnc(CCN)c1C1CCC1. The first-order valence-electron chi connectivity index (χ1n) is 7.45. The maximum Gasteiger partial charge on any atom is 0.0874 e. The number of nitrogens with two attached hydrogens (primary N) is 1. The summed E-state index contributed by atoms with van der Waals surface area (Å²) in [4.78, 5) is 0. The van der Waals surface area contributed by atoms with Crippen LogP contribution in [0.5, 0.6) is 0 Å². The predicted molar refractivity (Wildman–Crippen MR) is 71.4 cm³/mol. The van der Waals surface area contributed by atoms with Crippen LogP contribution in [-0.4, -0.2) is 21.5 Å². The molecule has 0 aliphatic heterocycles. The monoisotopic (exact) mass is 248 g/mol. The molecular weight excluding hydrogens is 224 g/mol. The molecule has 0 spiro atoms. The van der Waals surface area contributed by atoms with E-state index in [-0.39, 0.29) is 0 Å². The van der Waals surface area contributed by atoms with Crippen LogP contribution >= 0.6 is 0 Å². The molecule has 2 saturated carbocycles. The zero-order valence-electron chi connectivity index (χ0n) is 11.3. The molecule has 0 bridgehead atoms. The summed E-state index contributed by atoms with van der Waals surface area (Å²) in [5.74, 6) is 1.51. The van der Waals surface area contributed by atoms with Gasteiger partial charge in [-0.2, -0.15) is 0 Å². The maximum absolute atomic E-state index is 5.69. The average Bonchev–Trinajstić information content (AvgIpc) is 2.58. The van der Waals surface area contributed by atoms with Crippen LogP contribution in [0.2, 0.25) is 0 Å². The number of hydrogen-bond donors (Lipinski definition) is 1. The Morgan fingerprint density at radius 2 is 2.00 bits per heavy atom. The predicted octanol–water partition coefficient (Wildman–Crippen LogP) is 2.41. The third-order valence-corrected chi connectivity index (χ3v) is 4.90. The third-order valence-electron chi connectivity index (χ3n) is 4.90. The highest BCUT2D eigenvalue weighted by atomic mass is 15.4. The Kier molecular flexibility index (Phi) is 3.37. The topological polar surface area (TPSA) is 56.7 Å². The molecule has 0 aromatic carbocycles. The molecular formula is C14H24N4. The van der Waals surface area contributed by atoms with Gasteiger partial charge in [-0.05, 0) is 45.1 Å². The first kappa shape index (κ1) is 12.2. The van der Waals surface area contributed by atoms with Crippen molar-refractivity contribution in [2.24, 2.45) is 11.7 Å². The van der Waals surface area contributed by atoms with E-state index in [0.29, 0.717) is 18.5 Å². The second-order valence-corrected chi connectivity index (χ2v) is 5.96. The lowest BCUT2D eigenvalue weighted by Gasteiger charge is -2.34. The van der Waals surface area contributed by atoms with Gasteiger partial charge in [-0.25, -0.2) is 4.68 Å². The van der Waals surface area contributed by atoms with Gasteiger partial charge in [0.25, 0.3) is 0 Å². The minimum absolute atomic E-state index is 0.522. The second kappa shape index (κ2) is 5.00. The van der Waals surface area contributed by atoms with Gasteiger partial charge >= 0.3 is 0 Å². The molecule has 1 aromatic rings. The molecule has 2 fully saturated rings. The highest BCUT2D eigenvalue weighted by molar-refractivity contribution is 5.19. The molecule has 4 nitrogen and oxygen atoms in total. The number of nitrogens with zero attached hydrogens (tertiary/aromatic N) is 3. The quantitative estimate of drug-likeness (QED) is 0.870. The van der Waals surface area contributed by atoms with E-state index in [9.17, 15) is 0 Å². The van der Waals surface area contributed by atoms with Gasteiger partial charge in [0.2, 0.25) is 0 Å². The zero-order valence-corrected chi connectivity index (χ0v) is 11.3. The van der Waals surface area contributed by atoms with Crippen molar-refractivity contribution in [1.82, 2.24) is 15.0 Å². The van der Waals surface area contributed by atoms with Crippen LogP contribution < -0.4 is 5.73 Å². The fraction of sp³-hybridized carbons (Fsp3) is 0.857. The van der Waals surface area contributed by atoms with Crippen LogP contribution in [0, 0.1) is 5.92 Å². The van der Waals surface area contributed by atoms with Gasteiger partial charge < -0.3 is 5.73 Å². The van der Waals surface area contributed by atoms with Crippen LogP contribution in [0.15, 0.2) is 0 Å². The Morgan fingerprint density at radius 1 is 1.28 bits per heavy atom. The van der Waals surface area contributed by atoms with Crippen molar-refractivity contribution >= 4 is 0 Å². The molecule has 2 N–H and O–H groups in total. The summed E-state index contributed by atoms with van der Waals surface area (Å²) in [6.45, 7) is 2.99. The summed E-state index contributed by atoms with van der Waals surface area (Å²) in [5.41, 5.74) is 8.26. The Bertz CT molecular complexity index is 404. The van der Waals surface area contributed by atoms with Crippen molar-refractivity contribution in [3.05, 3.63) is 11.4 Å². The molecule has 1 aromatic heterocycles. The molecule has 2 aliphatic rings. The largest absolute Gasteiger partial charge is 0.330 e.